The number of carbonyl (C=O) groups is 1. The molecule has 0 aliphatic heterocycles. The van der Waals surface area contributed by atoms with Gasteiger partial charge in [0, 0.05) is 16.5 Å². The van der Waals surface area contributed by atoms with Crippen LogP contribution in [0.15, 0.2) is 77.7 Å². The van der Waals surface area contributed by atoms with Gasteiger partial charge >= 0.3 is 5.97 Å². The van der Waals surface area contributed by atoms with Crippen LogP contribution in [0.4, 0.5) is 5.69 Å². The Bertz CT molecular complexity index is 1440. The molecule has 0 saturated heterocycles. The number of carbonyl (C=O) groups excluding carboxylic acids is 1. The van der Waals surface area contributed by atoms with E-state index in [0.29, 0.717) is 22.2 Å². The zero-order valence-electron chi connectivity index (χ0n) is 18.3. The molecular formula is C25H23ClN2O4S. The lowest BCUT2D eigenvalue weighted by Crippen LogP contribution is -2.24. The Morgan fingerprint density at radius 1 is 0.970 bits per heavy atom. The molecule has 0 spiro atoms. The lowest BCUT2D eigenvalue weighted by molar-refractivity contribution is 0.00728. The summed E-state index contributed by atoms with van der Waals surface area (Å²) in [6.07, 6.45) is 0. The number of rotatable bonds is 5. The van der Waals surface area contributed by atoms with Gasteiger partial charge in [-0.05, 0) is 51.1 Å². The van der Waals surface area contributed by atoms with Gasteiger partial charge in [-0.15, -0.1) is 0 Å². The maximum Gasteiger partial charge on any atom is 0.341 e. The van der Waals surface area contributed by atoms with Gasteiger partial charge in [0.2, 0.25) is 0 Å². The lowest BCUT2D eigenvalue weighted by atomic mass is 10.0. The number of anilines is 1. The summed E-state index contributed by atoms with van der Waals surface area (Å²) < 4.78 is 33.8. The van der Waals surface area contributed by atoms with E-state index >= 15 is 0 Å². The Kier molecular flexibility index (Phi) is 5.95. The van der Waals surface area contributed by atoms with E-state index in [1.54, 1.807) is 57.2 Å². The monoisotopic (exact) mass is 482 g/mol. The molecule has 0 fully saturated rings. The van der Waals surface area contributed by atoms with Crippen molar-refractivity contribution >= 4 is 44.2 Å². The molecule has 0 amide bonds. The molecule has 1 aromatic heterocycles. The highest BCUT2D eigenvalue weighted by Crippen LogP contribution is 2.35. The Labute approximate surface area is 197 Å². The molecular weight excluding hydrogens is 460 g/mol. The quantitative estimate of drug-likeness (QED) is 0.329. The van der Waals surface area contributed by atoms with Crippen molar-refractivity contribution in [1.29, 1.82) is 0 Å². The third kappa shape index (κ3) is 4.89. The second-order valence-electron chi connectivity index (χ2n) is 8.54. The number of benzene rings is 3. The lowest BCUT2D eigenvalue weighted by Gasteiger charge is -2.20. The first-order valence-corrected chi connectivity index (χ1v) is 12.1. The number of para-hydroxylation sites is 1. The fraction of sp³-hybridized carbons (Fsp3) is 0.160. The van der Waals surface area contributed by atoms with Gasteiger partial charge in [-0.2, -0.15) is 0 Å². The first kappa shape index (κ1) is 22.9. The third-order valence-electron chi connectivity index (χ3n) is 4.86. The molecule has 0 unspecified atom stereocenters. The molecule has 6 nitrogen and oxygen atoms in total. The number of aromatic amines is 1. The number of hydrogen-bond donors (Lipinski definition) is 2. The van der Waals surface area contributed by atoms with Crippen molar-refractivity contribution in [3.63, 3.8) is 0 Å². The molecule has 2 N–H and O–H groups in total. The zero-order chi connectivity index (χ0) is 23.8. The summed E-state index contributed by atoms with van der Waals surface area (Å²) in [7, 11) is -3.85. The molecule has 33 heavy (non-hydrogen) atoms. The van der Waals surface area contributed by atoms with Crippen molar-refractivity contribution in [2.75, 3.05) is 4.72 Å². The largest absolute Gasteiger partial charge is 0.456 e. The number of esters is 1. The molecule has 0 saturated carbocycles. The molecule has 0 bridgehead atoms. The van der Waals surface area contributed by atoms with E-state index in [4.69, 9.17) is 16.3 Å². The Morgan fingerprint density at radius 3 is 2.33 bits per heavy atom. The minimum Gasteiger partial charge on any atom is -0.456 e. The van der Waals surface area contributed by atoms with Crippen LogP contribution in [-0.2, 0) is 14.8 Å². The van der Waals surface area contributed by atoms with E-state index < -0.39 is 21.6 Å². The molecule has 0 aliphatic rings. The van der Waals surface area contributed by atoms with Gasteiger partial charge in [-0.25, -0.2) is 13.2 Å². The first-order valence-electron chi connectivity index (χ1n) is 10.3. The molecule has 0 radical (unpaired) electrons. The van der Waals surface area contributed by atoms with Crippen molar-refractivity contribution < 1.29 is 17.9 Å². The second kappa shape index (κ2) is 8.57. The van der Waals surface area contributed by atoms with Crippen LogP contribution in [-0.4, -0.2) is 25.0 Å². The van der Waals surface area contributed by atoms with Crippen LogP contribution in [0.25, 0.3) is 22.2 Å². The highest BCUT2D eigenvalue weighted by molar-refractivity contribution is 7.92. The molecule has 8 heteroatoms. The van der Waals surface area contributed by atoms with Gasteiger partial charge in [0.05, 0.1) is 26.9 Å². The summed E-state index contributed by atoms with van der Waals surface area (Å²) in [4.78, 5) is 16.5. The third-order valence-corrected chi connectivity index (χ3v) is 6.57. The topological polar surface area (TPSA) is 88.3 Å². The maximum absolute atomic E-state index is 13.1. The smallest absolute Gasteiger partial charge is 0.341 e. The second-order valence-corrected chi connectivity index (χ2v) is 10.6. The van der Waals surface area contributed by atoms with E-state index in [-0.39, 0.29) is 15.6 Å². The summed E-state index contributed by atoms with van der Waals surface area (Å²) in [5, 5.41) is 0.941. The number of nitrogens with one attached hydrogen (secondary N) is 2. The van der Waals surface area contributed by atoms with E-state index in [1.807, 2.05) is 24.3 Å². The highest BCUT2D eigenvalue weighted by Gasteiger charge is 2.26. The Balaban J connectivity index is 1.81. The minimum atomic E-state index is -3.85. The van der Waals surface area contributed by atoms with Crippen molar-refractivity contribution in [3.8, 4) is 11.3 Å². The maximum atomic E-state index is 13.1. The number of ether oxygens (including phenoxy) is 1. The van der Waals surface area contributed by atoms with Crippen molar-refractivity contribution in [3.05, 3.63) is 83.4 Å². The molecule has 4 rings (SSSR count). The average Bonchev–Trinajstić information content (AvgIpc) is 3.14. The standard InChI is InChI=1S/C25H23ClN2O4S/c1-25(2,3)32-24(29)22-18-11-7-8-12-20(18)27-23(22)16-13-14-19(26)21(15-16)28-33(30,31)17-9-5-4-6-10-17/h4-15,27-28H,1-3H3. The van der Waals surface area contributed by atoms with Crippen LogP contribution in [0, 0.1) is 0 Å². The van der Waals surface area contributed by atoms with Crippen LogP contribution < -0.4 is 4.72 Å². The minimum absolute atomic E-state index is 0.117. The van der Waals surface area contributed by atoms with Gasteiger partial charge in [0.25, 0.3) is 10.0 Å². The van der Waals surface area contributed by atoms with Crippen molar-refractivity contribution in [2.45, 2.75) is 31.3 Å². The summed E-state index contributed by atoms with van der Waals surface area (Å²) in [5.74, 6) is -0.476. The molecule has 4 aromatic rings. The van der Waals surface area contributed by atoms with Crippen LogP contribution in [0.3, 0.4) is 0 Å². The molecule has 0 atom stereocenters. The average molecular weight is 483 g/mol. The molecule has 170 valence electrons. The summed E-state index contributed by atoms with van der Waals surface area (Å²) in [5.41, 5.74) is 1.76. The SMILES string of the molecule is CC(C)(C)OC(=O)c1c(-c2ccc(Cl)c(NS(=O)(=O)c3ccccc3)c2)[nH]c2ccccc12. The van der Waals surface area contributed by atoms with Gasteiger partial charge < -0.3 is 9.72 Å². The predicted molar refractivity (Wildman–Crippen MR) is 131 cm³/mol. The normalized spacial score (nSPS) is 12.0. The number of aromatic nitrogens is 1. The van der Waals surface area contributed by atoms with Crippen molar-refractivity contribution in [1.82, 2.24) is 4.98 Å². The van der Waals surface area contributed by atoms with Crippen LogP contribution in [0.2, 0.25) is 5.02 Å². The fourth-order valence-corrected chi connectivity index (χ4v) is 4.77. The van der Waals surface area contributed by atoms with Gasteiger partial charge in [-0.1, -0.05) is 54.1 Å². The number of H-pyrrole nitrogens is 1. The number of halogens is 1. The number of sulfonamides is 1. The molecule has 0 aliphatic carbocycles. The summed E-state index contributed by atoms with van der Waals surface area (Å²) >= 11 is 6.32. The first-order chi connectivity index (χ1) is 15.5. The van der Waals surface area contributed by atoms with E-state index in [0.717, 1.165) is 5.52 Å². The van der Waals surface area contributed by atoms with Crippen LogP contribution in [0.5, 0.6) is 0 Å². The van der Waals surface area contributed by atoms with Crippen molar-refractivity contribution in [2.24, 2.45) is 0 Å². The highest BCUT2D eigenvalue weighted by atomic mass is 35.5. The van der Waals surface area contributed by atoms with Crippen LogP contribution in [0.1, 0.15) is 31.1 Å². The zero-order valence-corrected chi connectivity index (χ0v) is 19.9. The summed E-state index contributed by atoms with van der Waals surface area (Å²) in [6.45, 7) is 5.41. The molecule has 3 aromatic carbocycles. The van der Waals surface area contributed by atoms with Crippen LogP contribution >= 0.6 is 11.6 Å². The van der Waals surface area contributed by atoms with E-state index in [2.05, 4.69) is 9.71 Å². The van der Waals surface area contributed by atoms with E-state index in [9.17, 15) is 13.2 Å². The van der Waals surface area contributed by atoms with Gasteiger partial charge in [0.1, 0.15) is 5.60 Å². The Morgan fingerprint density at radius 2 is 1.64 bits per heavy atom. The summed E-state index contributed by atoms with van der Waals surface area (Å²) in [6, 6.07) is 20.3. The van der Waals surface area contributed by atoms with E-state index in [1.165, 1.54) is 12.1 Å². The Hall–Kier alpha value is -3.29. The number of hydrogen-bond acceptors (Lipinski definition) is 4. The van der Waals surface area contributed by atoms with Gasteiger partial charge in [0.15, 0.2) is 0 Å². The predicted octanol–water partition coefficient (Wildman–Crippen LogP) is 6.24. The van der Waals surface area contributed by atoms with Gasteiger partial charge in [-0.3, -0.25) is 4.72 Å². The molecule has 1 heterocycles. The fourth-order valence-electron chi connectivity index (χ4n) is 3.46. The number of fused-ring (bicyclic) bond motifs is 1.